The largest absolute Gasteiger partial charge is 0.416 e. The number of fused-ring (bicyclic) bond motifs is 1. The standard InChI is InChI=1S/C25H18F6N2O2/c26-24(27,28)16-10-15(11-17(12-16)25(29,30)31)21-20(18-8-4-5-9-19(18)22(34)33-21)23(35)32-13-14-6-2-1-3-7-14/h1-12,20-21H,13H2,(H,32,35)(H,33,34). The topological polar surface area (TPSA) is 58.2 Å². The summed E-state index contributed by atoms with van der Waals surface area (Å²) >= 11 is 0. The number of benzene rings is 3. The van der Waals surface area contributed by atoms with E-state index in [1.807, 2.05) is 0 Å². The number of carbonyl (C=O) groups excluding carboxylic acids is 2. The molecule has 1 aliphatic rings. The highest BCUT2D eigenvalue weighted by molar-refractivity contribution is 6.01. The smallest absolute Gasteiger partial charge is 0.351 e. The summed E-state index contributed by atoms with van der Waals surface area (Å²) in [5, 5.41) is 5.12. The molecule has 0 saturated heterocycles. The lowest BCUT2D eigenvalue weighted by Gasteiger charge is -2.34. The number of rotatable bonds is 4. The van der Waals surface area contributed by atoms with Gasteiger partial charge in [0, 0.05) is 12.1 Å². The summed E-state index contributed by atoms with van der Waals surface area (Å²) < 4.78 is 80.7. The molecule has 1 aliphatic heterocycles. The second kappa shape index (κ2) is 9.09. The van der Waals surface area contributed by atoms with E-state index in [0.717, 1.165) is 5.56 Å². The summed E-state index contributed by atoms with van der Waals surface area (Å²) in [6.07, 6.45) is -10.1. The third-order valence-electron chi connectivity index (χ3n) is 5.72. The normalized spacial score (nSPS) is 17.9. The van der Waals surface area contributed by atoms with Crippen LogP contribution >= 0.6 is 0 Å². The molecular formula is C25H18F6N2O2. The Kier molecular flexibility index (Phi) is 6.31. The number of amides is 2. The predicted molar refractivity (Wildman–Crippen MR) is 114 cm³/mol. The maximum Gasteiger partial charge on any atom is 0.416 e. The summed E-state index contributed by atoms with van der Waals surface area (Å²) in [6.45, 7) is 0.0788. The van der Waals surface area contributed by atoms with E-state index in [1.165, 1.54) is 12.1 Å². The number of carbonyl (C=O) groups is 2. The molecule has 2 unspecified atom stereocenters. The number of hydrogen-bond acceptors (Lipinski definition) is 2. The summed E-state index contributed by atoms with van der Waals surface area (Å²) in [6, 6.07) is 14.4. The average Bonchev–Trinajstić information content (AvgIpc) is 2.82. The molecule has 2 amide bonds. The van der Waals surface area contributed by atoms with Crippen molar-refractivity contribution in [3.05, 3.63) is 106 Å². The molecule has 0 aromatic heterocycles. The van der Waals surface area contributed by atoms with Gasteiger partial charge in [0.1, 0.15) is 0 Å². The van der Waals surface area contributed by atoms with Gasteiger partial charge in [0.2, 0.25) is 5.91 Å². The first-order valence-corrected chi connectivity index (χ1v) is 10.5. The van der Waals surface area contributed by atoms with Crippen LogP contribution in [0.3, 0.4) is 0 Å². The molecule has 0 radical (unpaired) electrons. The minimum absolute atomic E-state index is 0.00652. The van der Waals surface area contributed by atoms with Crippen LogP contribution in [0.2, 0.25) is 0 Å². The molecule has 1 heterocycles. The number of nitrogens with one attached hydrogen (secondary N) is 2. The van der Waals surface area contributed by atoms with E-state index in [2.05, 4.69) is 10.6 Å². The Morgan fingerprint density at radius 1 is 0.829 bits per heavy atom. The fraction of sp³-hybridized carbons (Fsp3) is 0.200. The van der Waals surface area contributed by atoms with Crippen molar-refractivity contribution in [2.24, 2.45) is 0 Å². The molecule has 4 nitrogen and oxygen atoms in total. The van der Waals surface area contributed by atoms with Gasteiger partial charge in [-0.05, 0) is 41.0 Å². The van der Waals surface area contributed by atoms with Crippen LogP contribution in [0.1, 0.15) is 50.1 Å². The monoisotopic (exact) mass is 492 g/mol. The van der Waals surface area contributed by atoms with Crippen LogP contribution in [0, 0.1) is 0 Å². The predicted octanol–water partition coefficient (Wildman–Crippen LogP) is 5.61. The van der Waals surface area contributed by atoms with Crippen molar-refractivity contribution in [2.45, 2.75) is 30.9 Å². The molecule has 0 fully saturated rings. The van der Waals surface area contributed by atoms with Crippen LogP contribution in [-0.4, -0.2) is 11.8 Å². The lowest BCUT2D eigenvalue weighted by atomic mass is 9.80. The minimum Gasteiger partial charge on any atom is -0.351 e. The van der Waals surface area contributed by atoms with E-state index >= 15 is 0 Å². The Hall–Kier alpha value is -3.82. The maximum atomic E-state index is 13.4. The highest BCUT2D eigenvalue weighted by Crippen LogP contribution is 2.42. The maximum absolute atomic E-state index is 13.4. The van der Waals surface area contributed by atoms with Gasteiger partial charge in [0.25, 0.3) is 5.91 Å². The van der Waals surface area contributed by atoms with Crippen molar-refractivity contribution in [2.75, 3.05) is 0 Å². The first-order valence-electron chi connectivity index (χ1n) is 10.5. The van der Waals surface area contributed by atoms with Gasteiger partial charge in [-0.2, -0.15) is 26.3 Å². The Morgan fingerprint density at radius 3 is 2.00 bits per heavy atom. The number of halogens is 6. The van der Waals surface area contributed by atoms with Gasteiger partial charge in [0.05, 0.1) is 23.1 Å². The van der Waals surface area contributed by atoms with Gasteiger partial charge in [-0.15, -0.1) is 0 Å². The van der Waals surface area contributed by atoms with Crippen LogP contribution in [0.25, 0.3) is 0 Å². The van der Waals surface area contributed by atoms with E-state index < -0.39 is 52.8 Å². The van der Waals surface area contributed by atoms with Gasteiger partial charge in [-0.1, -0.05) is 48.5 Å². The zero-order chi connectivity index (χ0) is 25.4. The lowest BCUT2D eigenvalue weighted by Crippen LogP contribution is -2.44. The molecule has 0 spiro atoms. The van der Waals surface area contributed by atoms with Crippen molar-refractivity contribution in [1.82, 2.24) is 10.6 Å². The molecule has 182 valence electrons. The van der Waals surface area contributed by atoms with Gasteiger partial charge < -0.3 is 10.6 Å². The summed E-state index contributed by atoms with van der Waals surface area (Å²) in [7, 11) is 0. The molecule has 0 saturated carbocycles. The van der Waals surface area contributed by atoms with Crippen LogP contribution in [0.5, 0.6) is 0 Å². The summed E-state index contributed by atoms with van der Waals surface area (Å²) in [5.74, 6) is -2.63. The molecule has 3 aromatic rings. The average molecular weight is 492 g/mol. The Balaban J connectivity index is 1.80. The molecule has 35 heavy (non-hydrogen) atoms. The molecule has 4 rings (SSSR count). The summed E-state index contributed by atoms with van der Waals surface area (Å²) in [4.78, 5) is 26.0. The van der Waals surface area contributed by atoms with Gasteiger partial charge in [-0.3, -0.25) is 9.59 Å². The Bertz CT molecular complexity index is 1220. The SMILES string of the molecule is O=C1NC(c2cc(C(F)(F)F)cc(C(F)(F)F)c2)C(C(=O)NCc2ccccc2)c2ccccc21. The van der Waals surface area contributed by atoms with Crippen LogP contribution in [-0.2, 0) is 23.7 Å². The van der Waals surface area contributed by atoms with Crippen molar-refractivity contribution in [1.29, 1.82) is 0 Å². The molecular weight excluding hydrogens is 474 g/mol. The van der Waals surface area contributed by atoms with Crippen molar-refractivity contribution in [3.63, 3.8) is 0 Å². The van der Waals surface area contributed by atoms with E-state index in [4.69, 9.17) is 0 Å². The van der Waals surface area contributed by atoms with Crippen LogP contribution in [0.4, 0.5) is 26.3 Å². The first-order chi connectivity index (χ1) is 16.4. The second-order valence-corrected chi connectivity index (χ2v) is 8.06. The molecule has 0 bridgehead atoms. The van der Waals surface area contributed by atoms with Crippen molar-refractivity contribution >= 4 is 11.8 Å². The molecule has 0 aliphatic carbocycles. The fourth-order valence-corrected chi connectivity index (χ4v) is 4.08. The number of alkyl halides is 6. The van der Waals surface area contributed by atoms with Crippen LogP contribution < -0.4 is 10.6 Å². The van der Waals surface area contributed by atoms with Gasteiger partial charge >= 0.3 is 12.4 Å². The lowest BCUT2D eigenvalue weighted by molar-refractivity contribution is -0.143. The molecule has 2 N–H and O–H groups in total. The highest BCUT2D eigenvalue weighted by atomic mass is 19.4. The van der Waals surface area contributed by atoms with E-state index in [9.17, 15) is 35.9 Å². The number of hydrogen-bond donors (Lipinski definition) is 2. The zero-order valence-electron chi connectivity index (χ0n) is 17.9. The van der Waals surface area contributed by atoms with Gasteiger partial charge in [-0.25, -0.2) is 0 Å². The zero-order valence-corrected chi connectivity index (χ0v) is 17.9. The summed E-state index contributed by atoms with van der Waals surface area (Å²) in [5.41, 5.74) is -2.47. The van der Waals surface area contributed by atoms with Crippen LogP contribution in [0.15, 0.2) is 72.8 Å². The Morgan fingerprint density at radius 2 is 1.40 bits per heavy atom. The van der Waals surface area contributed by atoms with Gasteiger partial charge in [0.15, 0.2) is 0 Å². The van der Waals surface area contributed by atoms with E-state index in [-0.39, 0.29) is 23.7 Å². The quantitative estimate of drug-likeness (QED) is 0.466. The Labute approximate surface area is 196 Å². The molecule has 2 atom stereocenters. The molecule has 3 aromatic carbocycles. The third-order valence-corrected chi connectivity index (χ3v) is 5.72. The fourth-order valence-electron chi connectivity index (χ4n) is 4.08. The highest BCUT2D eigenvalue weighted by Gasteiger charge is 2.42. The second-order valence-electron chi connectivity index (χ2n) is 8.06. The third kappa shape index (κ3) is 5.16. The van der Waals surface area contributed by atoms with E-state index in [1.54, 1.807) is 42.5 Å². The first kappa shape index (κ1) is 24.3. The van der Waals surface area contributed by atoms with Crippen molar-refractivity contribution < 1.29 is 35.9 Å². The van der Waals surface area contributed by atoms with Crippen molar-refractivity contribution in [3.8, 4) is 0 Å². The minimum atomic E-state index is -5.07. The molecule has 10 heteroatoms. The van der Waals surface area contributed by atoms with E-state index in [0.29, 0.717) is 12.1 Å².